The molecule has 0 radical (unpaired) electrons. The van der Waals surface area contributed by atoms with Gasteiger partial charge in [-0.15, -0.1) is 0 Å². The van der Waals surface area contributed by atoms with E-state index in [0.717, 1.165) is 0 Å². The zero-order valence-corrected chi connectivity index (χ0v) is 12.4. The van der Waals surface area contributed by atoms with E-state index >= 15 is 0 Å². The molecule has 0 saturated carbocycles. The summed E-state index contributed by atoms with van der Waals surface area (Å²) in [7, 11) is 0. The minimum atomic E-state index is -0.501. The molecule has 19 heavy (non-hydrogen) atoms. The van der Waals surface area contributed by atoms with Crippen molar-refractivity contribution in [3.8, 4) is 0 Å². The summed E-state index contributed by atoms with van der Waals surface area (Å²) in [5, 5.41) is 6.24. The first-order valence-corrected chi connectivity index (χ1v) is 6.85. The molecule has 0 heterocycles. The van der Waals surface area contributed by atoms with Crippen molar-refractivity contribution in [3.05, 3.63) is 33.6 Å². The largest absolute Gasteiger partial charge is 0.356 e. The molecule has 0 saturated heterocycles. The third-order valence-electron chi connectivity index (χ3n) is 2.68. The molecule has 1 aromatic rings. The monoisotopic (exact) mass is 306 g/mol. The predicted molar refractivity (Wildman–Crippen MR) is 76.1 cm³/mol. The van der Waals surface area contributed by atoms with Gasteiger partial charge in [-0.3, -0.25) is 4.79 Å². The van der Waals surface area contributed by atoms with Crippen LogP contribution in [0.15, 0.2) is 12.1 Å². The van der Waals surface area contributed by atoms with Crippen LogP contribution in [-0.2, 0) is 4.79 Å². The minimum absolute atomic E-state index is 0.00303. The highest BCUT2D eigenvalue weighted by Crippen LogP contribution is 2.28. The standard InChI is InChI=1S/C13H17Cl2FN2O/c1-3-17-13(19)4-5-18-8(2)9-6-12(16)11(15)7-10(9)14/h6-8,18H,3-5H2,1-2H3,(H,17,19). The summed E-state index contributed by atoms with van der Waals surface area (Å²) < 4.78 is 13.4. The Morgan fingerprint density at radius 1 is 1.37 bits per heavy atom. The number of hydrogen-bond donors (Lipinski definition) is 2. The van der Waals surface area contributed by atoms with E-state index in [1.807, 2.05) is 13.8 Å². The third-order valence-corrected chi connectivity index (χ3v) is 3.30. The van der Waals surface area contributed by atoms with Crippen LogP contribution < -0.4 is 10.6 Å². The fraction of sp³-hybridized carbons (Fsp3) is 0.462. The second-order valence-electron chi connectivity index (χ2n) is 4.17. The van der Waals surface area contributed by atoms with E-state index < -0.39 is 5.82 Å². The van der Waals surface area contributed by atoms with Gasteiger partial charge in [-0.05, 0) is 31.5 Å². The average Bonchev–Trinajstić information content (AvgIpc) is 2.34. The molecular formula is C13H17Cl2FN2O. The first-order valence-electron chi connectivity index (χ1n) is 6.10. The molecule has 0 bridgehead atoms. The van der Waals surface area contributed by atoms with Crippen molar-refractivity contribution in [2.24, 2.45) is 0 Å². The summed E-state index contributed by atoms with van der Waals surface area (Å²) in [6.07, 6.45) is 0.367. The van der Waals surface area contributed by atoms with Gasteiger partial charge in [0, 0.05) is 30.6 Å². The van der Waals surface area contributed by atoms with Gasteiger partial charge in [0.05, 0.1) is 5.02 Å². The molecular weight excluding hydrogens is 290 g/mol. The topological polar surface area (TPSA) is 41.1 Å². The lowest BCUT2D eigenvalue weighted by Gasteiger charge is -2.16. The van der Waals surface area contributed by atoms with E-state index in [9.17, 15) is 9.18 Å². The van der Waals surface area contributed by atoms with Gasteiger partial charge in [-0.2, -0.15) is 0 Å². The van der Waals surface area contributed by atoms with E-state index in [0.29, 0.717) is 30.1 Å². The van der Waals surface area contributed by atoms with Crippen molar-refractivity contribution in [2.45, 2.75) is 26.3 Å². The van der Waals surface area contributed by atoms with Crippen LogP contribution in [0.4, 0.5) is 4.39 Å². The van der Waals surface area contributed by atoms with Crippen molar-refractivity contribution in [1.82, 2.24) is 10.6 Å². The Kier molecular flexibility index (Phi) is 6.55. The van der Waals surface area contributed by atoms with Gasteiger partial charge in [0.25, 0.3) is 0 Å². The summed E-state index contributed by atoms with van der Waals surface area (Å²) >= 11 is 11.7. The Bertz CT molecular complexity index is 455. The Balaban J connectivity index is 2.56. The number of carbonyl (C=O) groups is 1. The van der Waals surface area contributed by atoms with E-state index in [-0.39, 0.29) is 17.0 Å². The third kappa shape index (κ3) is 4.97. The molecule has 0 aliphatic rings. The van der Waals surface area contributed by atoms with Crippen molar-refractivity contribution >= 4 is 29.1 Å². The molecule has 0 aliphatic carbocycles. The fourth-order valence-corrected chi connectivity index (χ4v) is 2.21. The molecule has 1 atom stereocenters. The van der Waals surface area contributed by atoms with E-state index in [4.69, 9.17) is 23.2 Å². The number of carbonyl (C=O) groups excluding carboxylic acids is 1. The SMILES string of the molecule is CCNC(=O)CCNC(C)c1cc(F)c(Cl)cc1Cl. The zero-order valence-electron chi connectivity index (χ0n) is 10.9. The van der Waals surface area contributed by atoms with Crippen molar-refractivity contribution < 1.29 is 9.18 Å². The van der Waals surface area contributed by atoms with Gasteiger partial charge in [0.2, 0.25) is 5.91 Å². The zero-order chi connectivity index (χ0) is 14.4. The molecule has 1 amide bonds. The maximum Gasteiger partial charge on any atom is 0.221 e. The first kappa shape index (κ1) is 16.2. The number of halogens is 3. The maximum absolute atomic E-state index is 13.4. The number of nitrogens with one attached hydrogen (secondary N) is 2. The quantitative estimate of drug-likeness (QED) is 0.792. The van der Waals surface area contributed by atoms with Crippen LogP contribution in [0.3, 0.4) is 0 Å². The molecule has 0 aromatic heterocycles. The van der Waals surface area contributed by atoms with E-state index in [1.165, 1.54) is 12.1 Å². The molecule has 106 valence electrons. The molecule has 1 rings (SSSR count). The van der Waals surface area contributed by atoms with E-state index in [1.54, 1.807) is 0 Å². The molecule has 1 unspecified atom stereocenters. The molecule has 0 fully saturated rings. The summed E-state index contributed by atoms with van der Waals surface area (Å²) in [6.45, 7) is 4.83. The summed E-state index contributed by atoms with van der Waals surface area (Å²) in [5.41, 5.74) is 0.625. The molecule has 3 nitrogen and oxygen atoms in total. The number of amides is 1. The number of hydrogen-bond acceptors (Lipinski definition) is 2. The van der Waals surface area contributed by atoms with Crippen LogP contribution in [0.5, 0.6) is 0 Å². The van der Waals surface area contributed by atoms with Crippen molar-refractivity contribution in [2.75, 3.05) is 13.1 Å². The Morgan fingerprint density at radius 3 is 2.68 bits per heavy atom. The Morgan fingerprint density at radius 2 is 2.05 bits per heavy atom. The van der Waals surface area contributed by atoms with Gasteiger partial charge in [-0.1, -0.05) is 23.2 Å². The Labute approximate surface area is 122 Å². The number of rotatable bonds is 6. The predicted octanol–water partition coefficient (Wildman–Crippen LogP) is 3.31. The van der Waals surface area contributed by atoms with Gasteiger partial charge in [-0.25, -0.2) is 4.39 Å². The van der Waals surface area contributed by atoms with Gasteiger partial charge in [0.15, 0.2) is 0 Å². The first-order chi connectivity index (χ1) is 8.95. The molecule has 0 aliphatic heterocycles. The minimum Gasteiger partial charge on any atom is -0.356 e. The molecule has 2 N–H and O–H groups in total. The van der Waals surface area contributed by atoms with Gasteiger partial charge >= 0.3 is 0 Å². The van der Waals surface area contributed by atoms with Crippen LogP contribution in [-0.4, -0.2) is 19.0 Å². The van der Waals surface area contributed by atoms with Gasteiger partial charge < -0.3 is 10.6 Å². The maximum atomic E-state index is 13.4. The van der Waals surface area contributed by atoms with Crippen LogP contribution in [0.2, 0.25) is 10.0 Å². The highest BCUT2D eigenvalue weighted by atomic mass is 35.5. The second kappa shape index (κ2) is 7.68. The van der Waals surface area contributed by atoms with Crippen molar-refractivity contribution in [1.29, 1.82) is 0 Å². The van der Waals surface area contributed by atoms with Crippen molar-refractivity contribution in [3.63, 3.8) is 0 Å². The van der Waals surface area contributed by atoms with Crippen LogP contribution in [0, 0.1) is 5.82 Å². The van der Waals surface area contributed by atoms with Gasteiger partial charge in [0.1, 0.15) is 5.82 Å². The molecule has 6 heteroatoms. The van der Waals surface area contributed by atoms with Crippen LogP contribution in [0.25, 0.3) is 0 Å². The summed E-state index contributed by atoms with van der Waals surface area (Å²) in [4.78, 5) is 11.3. The summed E-state index contributed by atoms with van der Waals surface area (Å²) in [6, 6.07) is 2.54. The Hall–Kier alpha value is -0.840. The second-order valence-corrected chi connectivity index (χ2v) is 4.98. The normalized spacial score (nSPS) is 12.3. The smallest absolute Gasteiger partial charge is 0.221 e. The fourth-order valence-electron chi connectivity index (χ4n) is 1.67. The highest BCUT2D eigenvalue weighted by Gasteiger charge is 2.13. The van der Waals surface area contributed by atoms with E-state index in [2.05, 4.69) is 10.6 Å². The lowest BCUT2D eigenvalue weighted by molar-refractivity contribution is -0.120. The highest BCUT2D eigenvalue weighted by molar-refractivity contribution is 6.35. The molecule has 0 spiro atoms. The van der Waals surface area contributed by atoms with Crippen LogP contribution >= 0.6 is 23.2 Å². The van der Waals surface area contributed by atoms with Crippen LogP contribution in [0.1, 0.15) is 31.9 Å². The average molecular weight is 307 g/mol. The summed E-state index contributed by atoms with van der Waals surface area (Å²) in [5.74, 6) is -0.519. The lowest BCUT2D eigenvalue weighted by Crippen LogP contribution is -2.28. The number of benzene rings is 1. The molecule has 1 aromatic carbocycles. The lowest BCUT2D eigenvalue weighted by atomic mass is 10.1.